The second kappa shape index (κ2) is 13.4. The average Bonchev–Trinajstić information content (AvgIpc) is 2.98. The number of amides is 1. The van der Waals surface area contributed by atoms with Crippen molar-refractivity contribution in [1.29, 1.82) is 0 Å². The van der Waals surface area contributed by atoms with E-state index in [9.17, 15) is 9.59 Å². The lowest BCUT2D eigenvalue weighted by Crippen LogP contribution is -2.33. The minimum Gasteiger partial charge on any atom is -0.497 e. The van der Waals surface area contributed by atoms with Gasteiger partial charge in [-0.25, -0.2) is 10.2 Å². The first-order chi connectivity index (χ1) is 19.0. The minimum atomic E-state index is -0.766. The molecule has 0 saturated carbocycles. The normalized spacial score (nSPS) is 11.4. The van der Waals surface area contributed by atoms with Crippen molar-refractivity contribution in [3.8, 4) is 23.0 Å². The summed E-state index contributed by atoms with van der Waals surface area (Å²) in [4.78, 5) is 24.7. The Labute approximate surface area is 226 Å². The minimum absolute atomic E-state index is 0.385. The Morgan fingerprint density at radius 2 is 1.41 bits per heavy atom. The molecule has 0 heterocycles. The fourth-order valence-electron chi connectivity index (χ4n) is 3.39. The first kappa shape index (κ1) is 26.9. The van der Waals surface area contributed by atoms with Gasteiger partial charge in [0.2, 0.25) is 0 Å². The van der Waals surface area contributed by atoms with E-state index in [1.807, 2.05) is 30.3 Å². The number of methoxy groups -OCH3 is 1. The molecule has 8 nitrogen and oxygen atoms in total. The topological polar surface area (TPSA) is 95.5 Å². The summed E-state index contributed by atoms with van der Waals surface area (Å²) in [5.41, 5.74) is 4.66. The van der Waals surface area contributed by atoms with Gasteiger partial charge in [-0.2, -0.15) is 5.10 Å². The van der Waals surface area contributed by atoms with Crippen LogP contribution in [0.25, 0.3) is 0 Å². The number of benzene rings is 4. The quantitative estimate of drug-likeness (QED) is 0.122. The highest BCUT2D eigenvalue weighted by Crippen LogP contribution is 2.20. The number of carbonyl (C=O) groups is 2. The zero-order valence-corrected chi connectivity index (χ0v) is 21.6. The molecule has 4 rings (SSSR count). The van der Waals surface area contributed by atoms with Crippen LogP contribution in [0.15, 0.2) is 108 Å². The highest BCUT2D eigenvalue weighted by atomic mass is 16.5. The summed E-state index contributed by atoms with van der Waals surface area (Å²) in [6, 6.07) is 30.3. The molecule has 0 aliphatic heterocycles. The summed E-state index contributed by atoms with van der Waals surface area (Å²) >= 11 is 0. The second-order valence-electron chi connectivity index (χ2n) is 8.43. The molecule has 1 atom stereocenters. The van der Waals surface area contributed by atoms with Gasteiger partial charge in [-0.3, -0.25) is 4.79 Å². The predicted octanol–water partition coefficient (Wildman–Crippen LogP) is 5.41. The third-order valence-corrected chi connectivity index (χ3v) is 5.56. The molecular formula is C31H28N2O6. The average molecular weight is 525 g/mol. The molecular weight excluding hydrogens is 496 g/mol. The Bertz CT molecular complexity index is 1390. The van der Waals surface area contributed by atoms with Crippen LogP contribution in [-0.4, -0.2) is 31.3 Å². The van der Waals surface area contributed by atoms with E-state index in [4.69, 9.17) is 18.9 Å². The van der Waals surface area contributed by atoms with Crippen LogP contribution in [0.2, 0.25) is 0 Å². The molecule has 4 aromatic rings. The summed E-state index contributed by atoms with van der Waals surface area (Å²) in [5, 5.41) is 3.98. The molecule has 0 bridgehead atoms. The van der Waals surface area contributed by atoms with E-state index in [0.29, 0.717) is 40.7 Å². The Hall–Kier alpha value is -5.11. The number of ether oxygens (including phenoxy) is 4. The van der Waals surface area contributed by atoms with Crippen LogP contribution in [-0.2, 0) is 11.4 Å². The zero-order chi connectivity index (χ0) is 27.5. The van der Waals surface area contributed by atoms with Crippen molar-refractivity contribution in [1.82, 2.24) is 5.43 Å². The molecule has 0 radical (unpaired) electrons. The molecule has 0 aromatic heterocycles. The monoisotopic (exact) mass is 524 g/mol. The van der Waals surface area contributed by atoms with Gasteiger partial charge < -0.3 is 18.9 Å². The number of hydrogen-bond acceptors (Lipinski definition) is 7. The number of carbonyl (C=O) groups excluding carboxylic acids is 2. The lowest BCUT2D eigenvalue weighted by Gasteiger charge is -2.13. The predicted molar refractivity (Wildman–Crippen MR) is 147 cm³/mol. The summed E-state index contributed by atoms with van der Waals surface area (Å²) in [6.45, 7) is 2.10. The molecule has 0 fully saturated rings. The van der Waals surface area contributed by atoms with E-state index in [-0.39, 0.29) is 0 Å². The van der Waals surface area contributed by atoms with Gasteiger partial charge in [0, 0.05) is 0 Å². The van der Waals surface area contributed by atoms with Gasteiger partial charge >= 0.3 is 5.97 Å². The number of nitrogens with zero attached hydrogens (tertiary/aromatic N) is 1. The van der Waals surface area contributed by atoms with Crippen molar-refractivity contribution < 1.29 is 28.5 Å². The van der Waals surface area contributed by atoms with Gasteiger partial charge in [0.25, 0.3) is 5.91 Å². The van der Waals surface area contributed by atoms with Crippen LogP contribution in [0.1, 0.15) is 28.4 Å². The summed E-state index contributed by atoms with van der Waals surface area (Å²) in [7, 11) is 1.56. The highest BCUT2D eigenvalue weighted by Gasteiger charge is 2.14. The molecule has 8 heteroatoms. The Morgan fingerprint density at radius 3 is 2.08 bits per heavy atom. The van der Waals surface area contributed by atoms with Gasteiger partial charge in [0.05, 0.1) is 18.9 Å². The first-order valence-electron chi connectivity index (χ1n) is 12.2. The first-order valence-corrected chi connectivity index (χ1v) is 12.2. The van der Waals surface area contributed by atoms with E-state index < -0.39 is 18.0 Å². The molecule has 198 valence electrons. The maximum Gasteiger partial charge on any atom is 0.343 e. The zero-order valence-electron chi connectivity index (χ0n) is 21.6. The van der Waals surface area contributed by atoms with Crippen molar-refractivity contribution in [2.45, 2.75) is 19.6 Å². The number of nitrogens with one attached hydrogen (secondary N) is 1. The molecule has 1 N–H and O–H groups in total. The molecule has 4 aromatic carbocycles. The maximum absolute atomic E-state index is 12.4. The highest BCUT2D eigenvalue weighted by molar-refractivity contribution is 5.91. The van der Waals surface area contributed by atoms with E-state index in [1.54, 1.807) is 86.8 Å². The van der Waals surface area contributed by atoms with Crippen molar-refractivity contribution in [2.24, 2.45) is 5.10 Å². The van der Waals surface area contributed by atoms with Crippen molar-refractivity contribution in [3.05, 3.63) is 120 Å². The number of esters is 1. The summed E-state index contributed by atoms with van der Waals surface area (Å²) in [6.07, 6.45) is 0.719. The van der Waals surface area contributed by atoms with Crippen LogP contribution in [0.4, 0.5) is 0 Å². The number of rotatable bonds is 11. The van der Waals surface area contributed by atoms with Gasteiger partial charge in [-0.1, -0.05) is 30.3 Å². The SMILES string of the molecule is COc1ccc(C(=O)Oc2ccc(C=NNC(=O)C(C)Oc3ccc(OCc4ccccc4)cc3)cc2)cc1. The Morgan fingerprint density at radius 1 is 0.795 bits per heavy atom. The number of hydrogen-bond donors (Lipinski definition) is 1. The Kier molecular flexibility index (Phi) is 9.28. The van der Waals surface area contributed by atoms with Crippen molar-refractivity contribution in [2.75, 3.05) is 7.11 Å². The van der Waals surface area contributed by atoms with E-state index in [2.05, 4.69) is 10.5 Å². The molecule has 39 heavy (non-hydrogen) atoms. The van der Waals surface area contributed by atoms with Gasteiger partial charge in [0.1, 0.15) is 29.6 Å². The van der Waals surface area contributed by atoms with Gasteiger partial charge in [-0.15, -0.1) is 0 Å². The smallest absolute Gasteiger partial charge is 0.343 e. The van der Waals surface area contributed by atoms with Crippen LogP contribution in [0, 0.1) is 0 Å². The largest absolute Gasteiger partial charge is 0.497 e. The van der Waals surface area contributed by atoms with E-state index >= 15 is 0 Å². The molecule has 1 amide bonds. The van der Waals surface area contributed by atoms with Crippen LogP contribution < -0.4 is 24.4 Å². The molecule has 0 spiro atoms. The molecule has 0 aliphatic carbocycles. The summed E-state index contributed by atoms with van der Waals surface area (Å²) in [5.74, 6) is 1.40. The van der Waals surface area contributed by atoms with Gasteiger partial charge in [0.15, 0.2) is 6.10 Å². The summed E-state index contributed by atoms with van der Waals surface area (Å²) < 4.78 is 21.9. The van der Waals surface area contributed by atoms with Crippen LogP contribution in [0.5, 0.6) is 23.0 Å². The standard InChI is InChI=1S/C31H28N2O6/c1-22(38-28-18-16-27(17-19-28)37-21-24-6-4-3-5-7-24)30(34)33-32-20-23-8-12-29(13-9-23)39-31(35)25-10-14-26(36-2)15-11-25/h3-20,22H,21H2,1-2H3,(H,33,34). The van der Waals surface area contributed by atoms with E-state index in [1.165, 1.54) is 6.21 Å². The van der Waals surface area contributed by atoms with Gasteiger partial charge in [-0.05, 0) is 90.8 Å². The molecule has 1 unspecified atom stereocenters. The van der Waals surface area contributed by atoms with Crippen molar-refractivity contribution >= 4 is 18.1 Å². The van der Waals surface area contributed by atoms with Crippen LogP contribution >= 0.6 is 0 Å². The fourth-order valence-corrected chi connectivity index (χ4v) is 3.39. The Balaban J connectivity index is 1.21. The number of hydrazone groups is 1. The van der Waals surface area contributed by atoms with Crippen molar-refractivity contribution in [3.63, 3.8) is 0 Å². The van der Waals surface area contributed by atoms with Crippen LogP contribution in [0.3, 0.4) is 0 Å². The third-order valence-electron chi connectivity index (χ3n) is 5.56. The molecule has 0 aliphatic rings. The third kappa shape index (κ3) is 8.19. The maximum atomic E-state index is 12.4. The second-order valence-corrected chi connectivity index (χ2v) is 8.43. The molecule has 0 saturated heterocycles. The van der Waals surface area contributed by atoms with E-state index in [0.717, 1.165) is 5.56 Å². The fraction of sp³-hybridized carbons (Fsp3) is 0.129. The lowest BCUT2D eigenvalue weighted by atomic mass is 10.2. The lowest BCUT2D eigenvalue weighted by molar-refractivity contribution is -0.127.